The highest BCUT2D eigenvalue weighted by Crippen LogP contribution is 2.27. The van der Waals surface area contributed by atoms with E-state index in [2.05, 4.69) is 11.4 Å². The van der Waals surface area contributed by atoms with Crippen LogP contribution in [0.3, 0.4) is 0 Å². The smallest absolute Gasteiger partial charge is 0.267 e. The third kappa shape index (κ3) is 3.39. The number of rotatable bonds is 3. The molecule has 0 spiro atoms. The van der Waals surface area contributed by atoms with Gasteiger partial charge in [-0.2, -0.15) is 5.26 Å². The van der Waals surface area contributed by atoms with E-state index >= 15 is 0 Å². The van der Waals surface area contributed by atoms with E-state index in [0.29, 0.717) is 5.69 Å². The van der Waals surface area contributed by atoms with Crippen LogP contribution in [-0.2, 0) is 11.2 Å². The summed E-state index contributed by atoms with van der Waals surface area (Å²) in [6, 6.07) is 16.1. The molecule has 2 aromatic carbocycles. The first-order chi connectivity index (χ1) is 11.7. The van der Waals surface area contributed by atoms with Gasteiger partial charge in [0.05, 0.1) is 0 Å². The van der Waals surface area contributed by atoms with E-state index < -0.39 is 5.91 Å². The number of anilines is 2. The zero-order chi connectivity index (χ0) is 16.9. The number of fused-ring (bicyclic) bond motifs is 1. The number of nitrogens with zero attached hydrogens (tertiary/aromatic N) is 2. The lowest BCUT2D eigenvalue weighted by atomic mass is 10.0. The van der Waals surface area contributed by atoms with Gasteiger partial charge in [-0.15, -0.1) is 0 Å². The molecule has 0 saturated heterocycles. The Labute approximate surface area is 140 Å². The first-order valence-corrected chi connectivity index (χ1v) is 7.74. The average molecular weight is 319 g/mol. The van der Waals surface area contributed by atoms with Crippen LogP contribution < -0.4 is 10.2 Å². The van der Waals surface area contributed by atoms with Gasteiger partial charge >= 0.3 is 0 Å². The Hall–Kier alpha value is -3.26. The van der Waals surface area contributed by atoms with E-state index in [4.69, 9.17) is 0 Å². The fraction of sp³-hybridized carbons (Fsp3) is 0.158. The fourth-order valence-electron chi connectivity index (χ4n) is 2.73. The molecule has 0 bridgehead atoms. The standard InChI is InChI=1S/C19H17N3O2/c20-12-15(19(24)21-16-7-9-17(23)10-8-16)13-22-11-3-5-14-4-1-2-6-18(14)22/h1-2,4,6-10,13,23H,3,5,11H2,(H,21,24)/b15-13-. The van der Waals surface area contributed by atoms with Crippen molar-refractivity contribution in [2.24, 2.45) is 0 Å². The van der Waals surface area contributed by atoms with Crippen molar-refractivity contribution in [3.63, 3.8) is 0 Å². The normalized spacial score (nSPS) is 13.8. The third-order valence-corrected chi connectivity index (χ3v) is 3.92. The first-order valence-electron chi connectivity index (χ1n) is 7.74. The summed E-state index contributed by atoms with van der Waals surface area (Å²) in [6.45, 7) is 0.773. The second-order valence-electron chi connectivity index (χ2n) is 5.58. The molecular formula is C19H17N3O2. The molecule has 0 aromatic heterocycles. The van der Waals surface area contributed by atoms with Crippen LogP contribution in [0.15, 0.2) is 60.3 Å². The van der Waals surface area contributed by atoms with Crippen molar-refractivity contribution < 1.29 is 9.90 Å². The van der Waals surface area contributed by atoms with Gasteiger partial charge in [-0.25, -0.2) is 0 Å². The number of carbonyl (C=O) groups is 1. The molecular weight excluding hydrogens is 302 g/mol. The van der Waals surface area contributed by atoms with Crippen LogP contribution in [0, 0.1) is 11.3 Å². The summed E-state index contributed by atoms with van der Waals surface area (Å²) >= 11 is 0. The molecule has 0 atom stereocenters. The number of amides is 1. The second-order valence-corrected chi connectivity index (χ2v) is 5.58. The van der Waals surface area contributed by atoms with Crippen LogP contribution in [0.4, 0.5) is 11.4 Å². The van der Waals surface area contributed by atoms with E-state index in [1.165, 1.54) is 17.7 Å². The molecule has 120 valence electrons. The van der Waals surface area contributed by atoms with E-state index in [0.717, 1.165) is 25.1 Å². The highest BCUT2D eigenvalue weighted by atomic mass is 16.3. The Balaban J connectivity index is 1.81. The Morgan fingerprint density at radius 1 is 1.21 bits per heavy atom. The summed E-state index contributed by atoms with van der Waals surface area (Å²) in [5.41, 5.74) is 2.82. The molecule has 5 heteroatoms. The summed E-state index contributed by atoms with van der Waals surface area (Å²) in [5, 5.41) is 21.3. The molecule has 5 nitrogen and oxygen atoms in total. The summed E-state index contributed by atoms with van der Waals surface area (Å²) in [4.78, 5) is 14.3. The topological polar surface area (TPSA) is 76.4 Å². The molecule has 2 aromatic rings. The van der Waals surface area contributed by atoms with Crippen molar-refractivity contribution in [2.45, 2.75) is 12.8 Å². The SMILES string of the molecule is N#C/C(=C/N1CCCc2ccccc21)C(=O)Nc1ccc(O)cc1. The van der Waals surface area contributed by atoms with Crippen molar-refractivity contribution in [3.8, 4) is 11.8 Å². The number of benzene rings is 2. The van der Waals surface area contributed by atoms with Crippen LogP contribution in [0.2, 0.25) is 0 Å². The average Bonchev–Trinajstić information content (AvgIpc) is 2.61. The van der Waals surface area contributed by atoms with Crippen molar-refractivity contribution in [3.05, 3.63) is 65.9 Å². The van der Waals surface area contributed by atoms with Crippen LogP contribution in [0.25, 0.3) is 0 Å². The van der Waals surface area contributed by atoms with Crippen LogP contribution in [0.5, 0.6) is 5.75 Å². The molecule has 0 saturated carbocycles. The van der Waals surface area contributed by atoms with Gasteiger partial charge in [-0.1, -0.05) is 18.2 Å². The number of para-hydroxylation sites is 1. The maximum absolute atomic E-state index is 12.3. The highest BCUT2D eigenvalue weighted by Gasteiger charge is 2.17. The molecule has 0 unspecified atom stereocenters. The molecule has 3 rings (SSSR count). The Morgan fingerprint density at radius 2 is 1.96 bits per heavy atom. The minimum atomic E-state index is -0.466. The van der Waals surface area contributed by atoms with Crippen molar-refractivity contribution >= 4 is 17.3 Å². The third-order valence-electron chi connectivity index (χ3n) is 3.92. The lowest BCUT2D eigenvalue weighted by Crippen LogP contribution is -2.26. The quantitative estimate of drug-likeness (QED) is 0.517. The van der Waals surface area contributed by atoms with Gasteiger partial charge in [0.15, 0.2) is 0 Å². The van der Waals surface area contributed by atoms with Gasteiger partial charge in [0.2, 0.25) is 0 Å². The predicted octanol–water partition coefficient (Wildman–Crippen LogP) is 3.19. The van der Waals surface area contributed by atoms with Gasteiger partial charge in [0.25, 0.3) is 5.91 Å². The lowest BCUT2D eigenvalue weighted by Gasteiger charge is -2.28. The summed E-state index contributed by atoms with van der Waals surface area (Å²) in [6.07, 6.45) is 3.58. The van der Waals surface area contributed by atoms with E-state index in [-0.39, 0.29) is 11.3 Å². The fourth-order valence-corrected chi connectivity index (χ4v) is 2.73. The minimum Gasteiger partial charge on any atom is -0.508 e. The number of aryl methyl sites for hydroxylation is 1. The van der Waals surface area contributed by atoms with Gasteiger partial charge in [0, 0.05) is 24.1 Å². The minimum absolute atomic E-state index is 0.0415. The second kappa shape index (κ2) is 6.88. The van der Waals surface area contributed by atoms with Crippen molar-refractivity contribution in [2.75, 3.05) is 16.8 Å². The van der Waals surface area contributed by atoms with Gasteiger partial charge in [-0.3, -0.25) is 4.79 Å². The van der Waals surface area contributed by atoms with Gasteiger partial charge in [-0.05, 0) is 48.7 Å². The number of hydrogen-bond donors (Lipinski definition) is 2. The first kappa shape index (κ1) is 15.6. The number of phenols is 1. The monoisotopic (exact) mass is 319 g/mol. The van der Waals surface area contributed by atoms with Crippen molar-refractivity contribution in [1.29, 1.82) is 5.26 Å². The number of nitrogens with one attached hydrogen (secondary N) is 1. The maximum atomic E-state index is 12.3. The number of carbonyl (C=O) groups excluding carboxylic acids is 1. The van der Waals surface area contributed by atoms with Crippen LogP contribution in [-0.4, -0.2) is 17.6 Å². The largest absolute Gasteiger partial charge is 0.508 e. The molecule has 1 aliphatic heterocycles. The zero-order valence-corrected chi connectivity index (χ0v) is 13.1. The molecule has 0 fully saturated rings. The Morgan fingerprint density at radius 3 is 2.71 bits per heavy atom. The summed E-state index contributed by atoms with van der Waals surface area (Å²) in [7, 11) is 0. The van der Waals surface area contributed by atoms with E-state index in [1.54, 1.807) is 18.3 Å². The zero-order valence-electron chi connectivity index (χ0n) is 13.1. The molecule has 1 amide bonds. The van der Waals surface area contributed by atoms with E-state index in [9.17, 15) is 15.2 Å². The van der Waals surface area contributed by atoms with Gasteiger partial charge in [0.1, 0.15) is 17.4 Å². The molecule has 1 heterocycles. The lowest BCUT2D eigenvalue weighted by molar-refractivity contribution is -0.112. The number of nitriles is 1. The van der Waals surface area contributed by atoms with Crippen LogP contribution >= 0.6 is 0 Å². The highest BCUT2D eigenvalue weighted by molar-refractivity contribution is 6.06. The predicted molar refractivity (Wildman–Crippen MR) is 92.5 cm³/mol. The van der Waals surface area contributed by atoms with Gasteiger partial charge < -0.3 is 15.3 Å². The molecule has 1 aliphatic rings. The molecule has 24 heavy (non-hydrogen) atoms. The molecule has 2 N–H and O–H groups in total. The van der Waals surface area contributed by atoms with Crippen LogP contribution in [0.1, 0.15) is 12.0 Å². The summed E-state index contributed by atoms with van der Waals surface area (Å²) < 4.78 is 0. The number of aromatic hydroxyl groups is 1. The number of hydrogen-bond acceptors (Lipinski definition) is 4. The molecule has 0 aliphatic carbocycles. The van der Waals surface area contributed by atoms with E-state index in [1.807, 2.05) is 29.2 Å². The van der Waals surface area contributed by atoms with Crippen molar-refractivity contribution in [1.82, 2.24) is 0 Å². The molecule has 0 radical (unpaired) electrons. The Bertz CT molecular complexity index is 819. The Kier molecular flexibility index (Phi) is 4.48. The number of phenolic OH excluding ortho intramolecular Hbond substituents is 1. The summed E-state index contributed by atoms with van der Waals surface area (Å²) in [5.74, 6) is -0.347. The maximum Gasteiger partial charge on any atom is 0.267 e.